The van der Waals surface area contributed by atoms with Gasteiger partial charge in [-0.2, -0.15) is 0 Å². The molecule has 1 aromatic carbocycles. The molecule has 3 N–H and O–H groups in total. The lowest BCUT2D eigenvalue weighted by molar-refractivity contribution is 0.102. The summed E-state index contributed by atoms with van der Waals surface area (Å²) >= 11 is 0. The Morgan fingerprint density at radius 3 is 2.90 bits per heavy atom. The van der Waals surface area contributed by atoms with Crippen molar-refractivity contribution in [3.05, 3.63) is 59.2 Å². The summed E-state index contributed by atoms with van der Waals surface area (Å²) in [6.45, 7) is 1.98. The number of hydrogen-bond acceptors (Lipinski definition) is 3. The number of aromatic nitrogens is 1. The highest BCUT2D eigenvalue weighted by Crippen LogP contribution is 2.14. The van der Waals surface area contributed by atoms with Gasteiger partial charge in [0, 0.05) is 23.1 Å². The van der Waals surface area contributed by atoms with Crippen LogP contribution < -0.4 is 11.1 Å². The molecule has 0 saturated heterocycles. The lowest BCUT2D eigenvalue weighted by Gasteiger charge is -2.07. The summed E-state index contributed by atoms with van der Waals surface area (Å²) in [6, 6.07) is 7.26. The number of amides is 1. The SMILES string of the molecule is Cc1cc(NC(=O)c2cc(F)ccc2C#CCN)ccn1. The van der Waals surface area contributed by atoms with Crippen molar-refractivity contribution in [3.8, 4) is 11.8 Å². The number of halogens is 1. The Morgan fingerprint density at radius 2 is 2.19 bits per heavy atom. The van der Waals surface area contributed by atoms with Crippen molar-refractivity contribution in [2.75, 3.05) is 11.9 Å². The molecule has 0 unspecified atom stereocenters. The molecule has 0 fully saturated rings. The van der Waals surface area contributed by atoms with Gasteiger partial charge < -0.3 is 11.1 Å². The summed E-state index contributed by atoms with van der Waals surface area (Å²) < 4.78 is 13.4. The van der Waals surface area contributed by atoms with Crippen molar-refractivity contribution in [2.24, 2.45) is 5.73 Å². The normalized spacial score (nSPS) is 9.67. The molecule has 106 valence electrons. The van der Waals surface area contributed by atoms with Crippen LogP contribution >= 0.6 is 0 Å². The van der Waals surface area contributed by atoms with Gasteiger partial charge in [0.05, 0.1) is 12.1 Å². The van der Waals surface area contributed by atoms with Crippen molar-refractivity contribution in [2.45, 2.75) is 6.92 Å². The van der Waals surface area contributed by atoms with Crippen LogP contribution in [0.5, 0.6) is 0 Å². The monoisotopic (exact) mass is 283 g/mol. The van der Waals surface area contributed by atoms with Gasteiger partial charge in [-0.05, 0) is 37.3 Å². The van der Waals surface area contributed by atoms with Crippen molar-refractivity contribution in [1.29, 1.82) is 0 Å². The first kappa shape index (κ1) is 14.7. The molecule has 1 amide bonds. The number of anilines is 1. The minimum atomic E-state index is -0.496. The highest BCUT2D eigenvalue weighted by atomic mass is 19.1. The van der Waals surface area contributed by atoms with Crippen molar-refractivity contribution < 1.29 is 9.18 Å². The van der Waals surface area contributed by atoms with E-state index in [1.807, 2.05) is 6.92 Å². The quantitative estimate of drug-likeness (QED) is 0.829. The Morgan fingerprint density at radius 1 is 1.38 bits per heavy atom. The van der Waals surface area contributed by atoms with Gasteiger partial charge in [-0.3, -0.25) is 9.78 Å². The Balaban J connectivity index is 2.32. The predicted octanol–water partition coefficient (Wildman–Crippen LogP) is 2.09. The fourth-order valence-corrected chi connectivity index (χ4v) is 1.78. The van der Waals surface area contributed by atoms with Crippen LogP contribution in [0, 0.1) is 24.6 Å². The second-order valence-electron chi connectivity index (χ2n) is 4.34. The second-order valence-corrected chi connectivity index (χ2v) is 4.34. The zero-order valence-electron chi connectivity index (χ0n) is 11.5. The van der Waals surface area contributed by atoms with Crippen LogP contribution in [0.4, 0.5) is 10.1 Å². The number of benzene rings is 1. The molecule has 2 rings (SSSR count). The molecular weight excluding hydrogens is 269 g/mol. The number of hydrogen-bond donors (Lipinski definition) is 2. The average Bonchev–Trinajstić information content (AvgIpc) is 2.46. The van der Waals surface area contributed by atoms with E-state index in [9.17, 15) is 9.18 Å². The number of pyridine rings is 1. The Bertz CT molecular complexity index is 732. The van der Waals surface area contributed by atoms with Gasteiger partial charge >= 0.3 is 0 Å². The molecule has 1 aromatic heterocycles. The van der Waals surface area contributed by atoms with Crippen LogP contribution in [0.25, 0.3) is 0 Å². The van der Waals surface area contributed by atoms with Crippen LogP contribution in [0.3, 0.4) is 0 Å². The highest BCUT2D eigenvalue weighted by Gasteiger charge is 2.12. The molecule has 0 radical (unpaired) electrons. The number of nitrogens with zero attached hydrogens (tertiary/aromatic N) is 1. The van der Waals surface area contributed by atoms with Gasteiger partial charge in [0.2, 0.25) is 0 Å². The number of aryl methyl sites for hydroxylation is 1. The zero-order valence-corrected chi connectivity index (χ0v) is 11.5. The van der Waals surface area contributed by atoms with E-state index in [1.165, 1.54) is 12.1 Å². The van der Waals surface area contributed by atoms with E-state index < -0.39 is 11.7 Å². The van der Waals surface area contributed by atoms with E-state index in [2.05, 4.69) is 22.1 Å². The maximum absolute atomic E-state index is 13.4. The third-order valence-corrected chi connectivity index (χ3v) is 2.71. The summed E-state index contributed by atoms with van der Waals surface area (Å²) in [7, 11) is 0. The van der Waals surface area contributed by atoms with E-state index in [0.29, 0.717) is 11.3 Å². The van der Waals surface area contributed by atoms with Gasteiger partial charge in [0.1, 0.15) is 5.82 Å². The molecule has 0 aliphatic carbocycles. The third-order valence-electron chi connectivity index (χ3n) is 2.71. The number of rotatable bonds is 2. The van der Waals surface area contributed by atoms with Gasteiger partial charge in [-0.25, -0.2) is 4.39 Å². The smallest absolute Gasteiger partial charge is 0.257 e. The molecule has 2 aromatic rings. The predicted molar refractivity (Wildman–Crippen MR) is 79.3 cm³/mol. The minimum absolute atomic E-state index is 0.169. The van der Waals surface area contributed by atoms with Crippen LogP contribution in [-0.4, -0.2) is 17.4 Å². The summed E-state index contributed by atoms with van der Waals surface area (Å²) in [5.41, 5.74) is 7.29. The number of carbonyl (C=O) groups excluding carboxylic acids is 1. The van der Waals surface area contributed by atoms with Crippen LogP contribution in [-0.2, 0) is 0 Å². The van der Waals surface area contributed by atoms with Crippen LogP contribution in [0.2, 0.25) is 0 Å². The summed E-state index contributed by atoms with van der Waals surface area (Å²) in [5, 5.41) is 2.70. The fourth-order valence-electron chi connectivity index (χ4n) is 1.78. The van der Waals surface area contributed by atoms with E-state index in [4.69, 9.17) is 5.73 Å². The zero-order chi connectivity index (χ0) is 15.2. The maximum Gasteiger partial charge on any atom is 0.257 e. The number of nitrogens with two attached hydrogens (primary N) is 1. The first-order valence-electron chi connectivity index (χ1n) is 6.32. The van der Waals surface area contributed by atoms with Crippen molar-refractivity contribution >= 4 is 11.6 Å². The minimum Gasteiger partial charge on any atom is -0.322 e. The van der Waals surface area contributed by atoms with Crippen LogP contribution in [0.15, 0.2) is 36.5 Å². The molecule has 5 heteroatoms. The summed E-state index contributed by atoms with van der Waals surface area (Å²) in [6.07, 6.45) is 1.59. The summed E-state index contributed by atoms with van der Waals surface area (Å²) in [5.74, 6) is 4.50. The van der Waals surface area contributed by atoms with E-state index in [0.717, 1.165) is 11.8 Å². The van der Waals surface area contributed by atoms with Gasteiger partial charge in [0.25, 0.3) is 5.91 Å². The molecule has 0 aliphatic rings. The molecule has 0 saturated carbocycles. The first-order valence-corrected chi connectivity index (χ1v) is 6.32. The van der Waals surface area contributed by atoms with Gasteiger partial charge in [-0.1, -0.05) is 11.8 Å². The maximum atomic E-state index is 13.4. The molecular formula is C16H14FN3O. The number of carbonyl (C=O) groups is 1. The molecule has 0 spiro atoms. The third kappa shape index (κ3) is 3.88. The standard InChI is InChI=1S/C16H14FN3O/c1-11-9-14(6-8-19-11)20-16(21)15-10-13(17)5-4-12(15)3-2-7-18/h4-6,8-10H,7,18H2,1H3,(H,19,20,21). The largest absolute Gasteiger partial charge is 0.322 e. The van der Waals surface area contributed by atoms with E-state index in [-0.39, 0.29) is 12.1 Å². The highest BCUT2D eigenvalue weighted by molar-refractivity contribution is 6.06. The van der Waals surface area contributed by atoms with Gasteiger partial charge in [0.15, 0.2) is 0 Å². The van der Waals surface area contributed by atoms with Crippen molar-refractivity contribution in [1.82, 2.24) is 4.98 Å². The molecule has 4 nitrogen and oxygen atoms in total. The lowest BCUT2D eigenvalue weighted by atomic mass is 10.1. The van der Waals surface area contributed by atoms with Crippen molar-refractivity contribution in [3.63, 3.8) is 0 Å². The fraction of sp³-hybridized carbons (Fsp3) is 0.125. The topological polar surface area (TPSA) is 68.0 Å². The second kappa shape index (κ2) is 6.64. The Kier molecular flexibility index (Phi) is 4.64. The molecule has 0 aliphatic heterocycles. The summed E-state index contributed by atoms with van der Waals surface area (Å²) in [4.78, 5) is 16.3. The first-order chi connectivity index (χ1) is 10.1. The average molecular weight is 283 g/mol. The molecule has 21 heavy (non-hydrogen) atoms. The molecule has 0 bridgehead atoms. The van der Waals surface area contributed by atoms with Gasteiger partial charge in [-0.15, -0.1) is 0 Å². The Labute approximate surface area is 122 Å². The number of nitrogens with one attached hydrogen (secondary N) is 1. The molecule has 1 heterocycles. The van der Waals surface area contributed by atoms with E-state index >= 15 is 0 Å². The lowest BCUT2D eigenvalue weighted by Crippen LogP contribution is -2.14. The van der Waals surface area contributed by atoms with Crippen LogP contribution in [0.1, 0.15) is 21.6 Å². The van der Waals surface area contributed by atoms with E-state index in [1.54, 1.807) is 18.3 Å². The molecule has 0 atom stereocenters. The Hall–Kier alpha value is -2.71.